The monoisotopic (exact) mass is 308 g/mol. The number of hydrogen-bond acceptors (Lipinski definition) is 4. The van der Waals surface area contributed by atoms with Crippen LogP contribution >= 0.6 is 0 Å². The molecule has 3 N–H and O–H groups in total. The molecular weight excluding hydrogens is 288 g/mol. The summed E-state index contributed by atoms with van der Waals surface area (Å²) in [6, 6.07) is 7.36. The van der Waals surface area contributed by atoms with Gasteiger partial charge >= 0.3 is 0 Å². The third kappa shape index (κ3) is 4.05. The van der Waals surface area contributed by atoms with Crippen LogP contribution in [-0.2, 0) is 23.0 Å². The largest absolute Gasteiger partial charge is 0.330 e. The Balaban J connectivity index is 2.15. The van der Waals surface area contributed by atoms with Crippen LogP contribution < -0.4 is 10.5 Å². The Labute approximate surface area is 125 Å². The van der Waals surface area contributed by atoms with Gasteiger partial charge < -0.3 is 5.73 Å². The first-order valence-electron chi connectivity index (χ1n) is 6.89. The van der Waals surface area contributed by atoms with Crippen LogP contribution in [0.4, 0.5) is 5.69 Å². The molecule has 0 bridgehead atoms. The van der Waals surface area contributed by atoms with E-state index in [-0.39, 0.29) is 4.90 Å². The van der Waals surface area contributed by atoms with Crippen LogP contribution in [0.25, 0.3) is 0 Å². The highest BCUT2D eigenvalue weighted by molar-refractivity contribution is 7.92. The lowest BCUT2D eigenvalue weighted by Crippen LogP contribution is -2.12. The summed E-state index contributed by atoms with van der Waals surface area (Å²) in [5, 5.41) is 4.04. The summed E-state index contributed by atoms with van der Waals surface area (Å²) in [6.45, 7) is 3.18. The van der Waals surface area contributed by atoms with Gasteiger partial charge in [0.25, 0.3) is 10.0 Å². The maximum Gasteiger partial charge on any atom is 0.265 e. The zero-order valence-corrected chi connectivity index (χ0v) is 12.8. The first-order valence-corrected chi connectivity index (χ1v) is 8.37. The van der Waals surface area contributed by atoms with Crippen molar-refractivity contribution in [2.24, 2.45) is 5.73 Å². The minimum absolute atomic E-state index is 0.154. The molecule has 0 radical (unpaired) electrons. The van der Waals surface area contributed by atoms with Crippen molar-refractivity contribution in [3.8, 4) is 0 Å². The highest BCUT2D eigenvalue weighted by Crippen LogP contribution is 2.17. The standard InChI is InChI=1S/C14H20N4O2S/c1-2-12-5-3-6-13(9-12)17-21(19,20)14-10-16-18(11-14)8-4-7-15/h3,5-6,9-11,17H,2,4,7-8,15H2,1H3. The molecule has 2 rings (SSSR count). The lowest BCUT2D eigenvalue weighted by atomic mass is 10.1. The topological polar surface area (TPSA) is 90.0 Å². The summed E-state index contributed by atoms with van der Waals surface area (Å²) >= 11 is 0. The molecule has 21 heavy (non-hydrogen) atoms. The molecule has 0 aliphatic rings. The normalized spacial score (nSPS) is 11.5. The average molecular weight is 308 g/mol. The van der Waals surface area contributed by atoms with Gasteiger partial charge in [-0.25, -0.2) is 8.42 Å². The Hall–Kier alpha value is -1.86. The quantitative estimate of drug-likeness (QED) is 0.813. The molecule has 0 aliphatic carbocycles. The molecule has 6 nitrogen and oxygen atoms in total. The number of aryl methyl sites for hydroxylation is 2. The number of rotatable bonds is 7. The number of anilines is 1. The average Bonchev–Trinajstić information content (AvgIpc) is 2.94. The number of nitrogens with zero attached hydrogens (tertiary/aromatic N) is 2. The SMILES string of the molecule is CCc1cccc(NS(=O)(=O)c2cnn(CCCN)c2)c1. The predicted octanol–water partition coefficient (Wildman–Crippen LogP) is 1.60. The molecule has 1 heterocycles. The van der Waals surface area contributed by atoms with E-state index in [2.05, 4.69) is 9.82 Å². The predicted molar refractivity (Wildman–Crippen MR) is 82.5 cm³/mol. The fraction of sp³-hybridized carbons (Fsp3) is 0.357. The Kier molecular flexibility index (Phi) is 4.98. The molecule has 1 aromatic carbocycles. The van der Waals surface area contributed by atoms with E-state index in [4.69, 9.17) is 5.73 Å². The van der Waals surface area contributed by atoms with Gasteiger partial charge in [-0.15, -0.1) is 0 Å². The van der Waals surface area contributed by atoms with Crippen LogP contribution in [0.15, 0.2) is 41.6 Å². The molecule has 0 amide bonds. The molecule has 114 valence electrons. The molecule has 0 fully saturated rings. The molecule has 0 unspecified atom stereocenters. The number of sulfonamides is 1. The van der Waals surface area contributed by atoms with Crippen LogP contribution in [0.3, 0.4) is 0 Å². The van der Waals surface area contributed by atoms with Crippen LogP contribution in [0.5, 0.6) is 0 Å². The summed E-state index contributed by atoms with van der Waals surface area (Å²) in [6.07, 6.45) is 4.48. The number of hydrogen-bond donors (Lipinski definition) is 2. The molecular formula is C14H20N4O2S. The summed E-state index contributed by atoms with van der Waals surface area (Å²) in [7, 11) is -3.61. The van der Waals surface area contributed by atoms with E-state index in [0.29, 0.717) is 18.8 Å². The number of nitrogens with one attached hydrogen (secondary N) is 1. The number of aromatic nitrogens is 2. The van der Waals surface area contributed by atoms with Gasteiger partial charge in [-0.1, -0.05) is 19.1 Å². The van der Waals surface area contributed by atoms with Crippen LogP contribution in [0, 0.1) is 0 Å². The van der Waals surface area contributed by atoms with Crippen molar-refractivity contribution >= 4 is 15.7 Å². The summed E-state index contributed by atoms with van der Waals surface area (Å²) in [5.74, 6) is 0. The summed E-state index contributed by atoms with van der Waals surface area (Å²) in [4.78, 5) is 0.154. The van der Waals surface area contributed by atoms with E-state index in [1.54, 1.807) is 10.7 Å². The smallest absolute Gasteiger partial charge is 0.265 e. The fourth-order valence-corrected chi connectivity index (χ4v) is 2.93. The van der Waals surface area contributed by atoms with Gasteiger partial charge in [-0.05, 0) is 37.1 Å². The van der Waals surface area contributed by atoms with Crippen molar-refractivity contribution in [2.45, 2.75) is 31.2 Å². The lowest BCUT2D eigenvalue weighted by Gasteiger charge is -2.07. The van der Waals surface area contributed by atoms with E-state index in [1.165, 1.54) is 12.4 Å². The van der Waals surface area contributed by atoms with Gasteiger partial charge in [0, 0.05) is 18.4 Å². The van der Waals surface area contributed by atoms with Gasteiger partial charge in [0.15, 0.2) is 0 Å². The summed E-state index contributed by atoms with van der Waals surface area (Å²) < 4.78 is 28.8. The Morgan fingerprint density at radius 2 is 2.19 bits per heavy atom. The summed E-state index contributed by atoms with van der Waals surface area (Å²) in [5.41, 5.74) is 7.06. The maximum absolute atomic E-state index is 12.3. The highest BCUT2D eigenvalue weighted by atomic mass is 32.2. The molecule has 0 spiro atoms. The van der Waals surface area contributed by atoms with Crippen molar-refractivity contribution in [3.63, 3.8) is 0 Å². The van der Waals surface area contributed by atoms with Crippen molar-refractivity contribution < 1.29 is 8.42 Å². The van der Waals surface area contributed by atoms with Crippen LogP contribution in [-0.4, -0.2) is 24.7 Å². The number of benzene rings is 1. The Morgan fingerprint density at radius 3 is 2.90 bits per heavy atom. The third-order valence-corrected chi connectivity index (χ3v) is 4.43. The molecule has 0 saturated heterocycles. The first-order chi connectivity index (χ1) is 10.0. The van der Waals surface area contributed by atoms with Gasteiger partial charge in [-0.2, -0.15) is 5.10 Å². The Morgan fingerprint density at radius 1 is 1.38 bits per heavy atom. The molecule has 0 saturated carbocycles. The van der Waals surface area contributed by atoms with Crippen molar-refractivity contribution in [1.29, 1.82) is 0 Å². The molecule has 0 aliphatic heterocycles. The zero-order chi connectivity index (χ0) is 15.3. The van der Waals surface area contributed by atoms with Crippen LogP contribution in [0.2, 0.25) is 0 Å². The van der Waals surface area contributed by atoms with E-state index in [9.17, 15) is 8.42 Å². The van der Waals surface area contributed by atoms with Gasteiger partial charge in [0.05, 0.1) is 6.20 Å². The van der Waals surface area contributed by atoms with Crippen molar-refractivity contribution in [2.75, 3.05) is 11.3 Å². The van der Waals surface area contributed by atoms with E-state index < -0.39 is 10.0 Å². The first kappa shape index (κ1) is 15.5. The van der Waals surface area contributed by atoms with E-state index in [1.807, 2.05) is 25.1 Å². The van der Waals surface area contributed by atoms with Crippen molar-refractivity contribution in [3.05, 3.63) is 42.2 Å². The number of nitrogens with two attached hydrogens (primary N) is 1. The second-order valence-electron chi connectivity index (χ2n) is 4.74. The molecule has 7 heteroatoms. The minimum atomic E-state index is -3.61. The zero-order valence-electron chi connectivity index (χ0n) is 12.0. The van der Waals surface area contributed by atoms with E-state index in [0.717, 1.165) is 18.4 Å². The lowest BCUT2D eigenvalue weighted by molar-refractivity contribution is 0.582. The van der Waals surface area contributed by atoms with Crippen molar-refractivity contribution in [1.82, 2.24) is 9.78 Å². The van der Waals surface area contributed by atoms with Crippen LogP contribution in [0.1, 0.15) is 18.9 Å². The molecule has 1 aromatic heterocycles. The molecule has 0 atom stereocenters. The maximum atomic E-state index is 12.3. The Bertz CT molecular complexity index is 695. The third-order valence-electron chi connectivity index (χ3n) is 3.10. The second-order valence-corrected chi connectivity index (χ2v) is 6.42. The van der Waals surface area contributed by atoms with Gasteiger partial charge in [-0.3, -0.25) is 9.40 Å². The molecule has 2 aromatic rings. The second kappa shape index (κ2) is 6.73. The highest BCUT2D eigenvalue weighted by Gasteiger charge is 2.16. The van der Waals surface area contributed by atoms with E-state index >= 15 is 0 Å². The minimum Gasteiger partial charge on any atom is -0.330 e. The fourth-order valence-electron chi connectivity index (χ4n) is 1.93. The van der Waals surface area contributed by atoms with Gasteiger partial charge in [0.2, 0.25) is 0 Å². The van der Waals surface area contributed by atoms with Gasteiger partial charge in [0.1, 0.15) is 4.90 Å².